The van der Waals surface area contributed by atoms with Crippen molar-refractivity contribution in [1.82, 2.24) is 19.9 Å². The van der Waals surface area contributed by atoms with Gasteiger partial charge in [-0.15, -0.1) is 0 Å². The molecule has 2 aromatic carbocycles. The highest BCUT2D eigenvalue weighted by molar-refractivity contribution is 6.33. The molecule has 0 aliphatic heterocycles. The van der Waals surface area contributed by atoms with Crippen LogP contribution in [0.15, 0.2) is 68.3 Å². The van der Waals surface area contributed by atoms with Crippen molar-refractivity contribution < 1.29 is 28.6 Å². The van der Waals surface area contributed by atoms with Crippen molar-refractivity contribution in [2.45, 2.75) is 33.0 Å². The van der Waals surface area contributed by atoms with E-state index in [1.807, 2.05) is 0 Å². The summed E-state index contributed by atoms with van der Waals surface area (Å²) in [6.45, 7) is 2.86. The number of nitrogens with zero attached hydrogens (tertiary/aromatic N) is 4. The molecule has 0 amide bonds. The van der Waals surface area contributed by atoms with Gasteiger partial charge in [0.2, 0.25) is 11.9 Å². The van der Waals surface area contributed by atoms with E-state index in [1.54, 1.807) is 48.5 Å². The number of rotatable bonds is 11. The van der Waals surface area contributed by atoms with Crippen LogP contribution in [0.2, 0.25) is 0 Å². The van der Waals surface area contributed by atoms with Gasteiger partial charge in [0.15, 0.2) is 12.2 Å². The van der Waals surface area contributed by atoms with Gasteiger partial charge >= 0.3 is 17.9 Å². The maximum Gasteiger partial charge on any atom is 0.303 e. The van der Waals surface area contributed by atoms with Gasteiger partial charge in [0.1, 0.15) is 12.3 Å². The van der Waals surface area contributed by atoms with Crippen molar-refractivity contribution in [1.29, 1.82) is 0 Å². The molecule has 0 aliphatic rings. The number of ether oxygens (including phenoxy) is 3. The van der Waals surface area contributed by atoms with E-state index < -0.39 is 47.8 Å². The van der Waals surface area contributed by atoms with E-state index in [2.05, 4.69) is 41.0 Å². The number of hydrogen-bond acceptors (Lipinski definition) is 14. The smallest absolute Gasteiger partial charge is 0.303 e. The van der Waals surface area contributed by atoms with E-state index in [4.69, 9.17) is 14.2 Å². The van der Waals surface area contributed by atoms with Crippen LogP contribution in [0.4, 0.5) is 11.9 Å². The number of hydrogen-bond donors (Lipinski definition) is 4. The first kappa shape index (κ1) is 30.0. The highest BCUT2D eigenvalue weighted by Gasteiger charge is 2.33. The molecule has 0 saturated heterocycles. The summed E-state index contributed by atoms with van der Waals surface area (Å²) in [5.41, 5.74) is 4.87. The average molecular weight is 591 g/mol. The zero-order valence-electron chi connectivity index (χ0n) is 23.1. The molecule has 4 aromatic rings. The SMILES string of the molecule is CC(=O)OCC(OC(C)=O)C(OC(C)=O)C(C=NNc1nc2ccccc2c(=O)[nH]1)=NNc1nc2ccccc2c(=O)[nH]1. The molecule has 222 valence electrons. The third-order valence-corrected chi connectivity index (χ3v) is 5.57. The van der Waals surface area contributed by atoms with Crippen LogP contribution in [-0.2, 0) is 28.6 Å². The van der Waals surface area contributed by atoms with Gasteiger partial charge in [-0.1, -0.05) is 24.3 Å². The number of hydrazone groups is 2. The van der Waals surface area contributed by atoms with E-state index in [0.717, 1.165) is 27.0 Å². The zero-order chi connectivity index (χ0) is 30.9. The lowest BCUT2D eigenvalue weighted by Gasteiger charge is -2.25. The molecular weight excluding hydrogens is 564 g/mol. The van der Waals surface area contributed by atoms with Gasteiger partial charge in [-0.25, -0.2) is 20.8 Å². The van der Waals surface area contributed by atoms with Gasteiger partial charge in [0, 0.05) is 20.8 Å². The molecule has 2 atom stereocenters. The Kier molecular flexibility index (Phi) is 9.52. The molecule has 2 aromatic heterocycles. The van der Waals surface area contributed by atoms with Gasteiger partial charge < -0.3 is 14.2 Å². The molecule has 0 saturated carbocycles. The molecule has 0 radical (unpaired) electrons. The molecule has 0 spiro atoms. The first-order chi connectivity index (χ1) is 20.6. The van der Waals surface area contributed by atoms with Gasteiger partial charge in [-0.3, -0.25) is 33.9 Å². The van der Waals surface area contributed by atoms with Crippen molar-refractivity contribution >= 4 is 63.5 Å². The standard InChI is InChI=1S/C27H26N8O8/c1-14(36)41-13-22(42-15(2)37)23(43-16(3)38)21(33-35-27-30-20-11-7-5-9-18(20)25(40)32-27)12-28-34-26-29-19-10-6-4-8-17(19)24(39)31-26/h4-12,22-23H,13H2,1-3H3,(H2,29,31,34,39)(H2,30,32,35,40). The second-order valence-electron chi connectivity index (χ2n) is 8.86. The number of anilines is 2. The van der Waals surface area contributed by atoms with Crippen LogP contribution in [0.3, 0.4) is 0 Å². The molecule has 0 aliphatic carbocycles. The second-order valence-corrected chi connectivity index (χ2v) is 8.86. The van der Waals surface area contributed by atoms with Crippen molar-refractivity contribution in [2.24, 2.45) is 10.2 Å². The number of nitrogens with one attached hydrogen (secondary N) is 4. The molecule has 2 unspecified atom stereocenters. The van der Waals surface area contributed by atoms with Crippen molar-refractivity contribution in [2.75, 3.05) is 17.5 Å². The van der Waals surface area contributed by atoms with Crippen LogP contribution in [-0.4, -0.2) is 68.6 Å². The van der Waals surface area contributed by atoms with Crippen LogP contribution in [0, 0.1) is 0 Å². The minimum atomic E-state index is -1.48. The molecular formula is C27H26N8O8. The van der Waals surface area contributed by atoms with E-state index in [-0.39, 0.29) is 17.6 Å². The van der Waals surface area contributed by atoms with Crippen LogP contribution >= 0.6 is 0 Å². The van der Waals surface area contributed by atoms with Gasteiger partial charge in [0.05, 0.1) is 28.0 Å². The third-order valence-electron chi connectivity index (χ3n) is 5.57. The minimum Gasteiger partial charge on any atom is -0.462 e. The van der Waals surface area contributed by atoms with E-state index in [9.17, 15) is 24.0 Å². The van der Waals surface area contributed by atoms with E-state index >= 15 is 0 Å². The molecule has 2 heterocycles. The maximum absolute atomic E-state index is 12.5. The average Bonchev–Trinajstić information content (AvgIpc) is 2.96. The van der Waals surface area contributed by atoms with Crippen LogP contribution < -0.4 is 22.0 Å². The van der Waals surface area contributed by atoms with Crippen molar-refractivity contribution in [3.63, 3.8) is 0 Å². The Morgan fingerprint density at radius 3 is 1.88 bits per heavy atom. The number of carbonyl (C=O) groups excluding carboxylic acids is 3. The number of fused-ring (bicyclic) bond motifs is 2. The summed E-state index contributed by atoms with van der Waals surface area (Å²) < 4.78 is 15.7. The van der Waals surface area contributed by atoms with Crippen LogP contribution in [0.1, 0.15) is 20.8 Å². The Morgan fingerprint density at radius 1 is 0.814 bits per heavy atom. The summed E-state index contributed by atoms with van der Waals surface area (Å²) in [4.78, 5) is 74.1. The highest BCUT2D eigenvalue weighted by Crippen LogP contribution is 2.12. The molecule has 43 heavy (non-hydrogen) atoms. The number of carbonyl (C=O) groups is 3. The van der Waals surface area contributed by atoms with Crippen molar-refractivity contribution in [3.05, 3.63) is 69.2 Å². The molecule has 16 nitrogen and oxygen atoms in total. The lowest BCUT2D eigenvalue weighted by atomic mass is 10.1. The molecule has 16 heteroatoms. The van der Waals surface area contributed by atoms with E-state index in [0.29, 0.717) is 21.8 Å². The van der Waals surface area contributed by atoms with Crippen LogP contribution in [0.25, 0.3) is 21.8 Å². The normalized spacial score (nSPS) is 13.0. The monoisotopic (exact) mass is 590 g/mol. The Hall–Kier alpha value is -5.93. The first-order valence-corrected chi connectivity index (χ1v) is 12.7. The summed E-state index contributed by atoms with van der Waals surface area (Å²) in [5, 5.41) is 8.94. The fourth-order valence-electron chi connectivity index (χ4n) is 3.82. The maximum atomic E-state index is 12.5. The van der Waals surface area contributed by atoms with Crippen LogP contribution in [0.5, 0.6) is 0 Å². The molecule has 0 fully saturated rings. The minimum absolute atomic E-state index is 0.0201. The first-order valence-electron chi connectivity index (χ1n) is 12.7. The number of H-pyrrole nitrogens is 2. The number of aromatic amines is 2. The van der Waals surface area contributed by atoms with Gasteiger partial charge in [-0.05, 0) is 24.3 Å². The van der Waals surface area contributed by atoms with Crippen molar-refractivity contribution in [3.8, 4) is 0 Å². The topological polar surface area (TPSA) is 219 Å². The summed E-state index contributed by atoms with van der Waals surface area (Å²) in [6.07, 6.45) is -1.76. The highest BCUT2D eigenvalue weighted by atomic mass is 16.6. The predicted octanol–water partition coefficient (Wildman–Crippen LogP) is 1.45. The Morgan fingerprint density at radius 2 is 1.35 bits per heavy atom. The Labute approximate surface area is 242 Å². The Balaban J connectivity index is 1.73. The number of esters is 3. The third kappa shape index (κ3) is 8.06. The fourth-order valence-corrected chi connectivity index (χ4v) is 3.82. The molecule has 0 bridgehead atoms. The summed E-state index contributed by atoms with van der Waals surface area (Å²) >= 11 is 0. The summed E-state index contributed by atoms with van der Waals surface area (Å²) in [5.74, 6) is -2.34. The quantitative estimate of drug-likeness (QED) is 0.0844. The zero-order valence-corrected chi connectivity index (χ0v) is 23.1. The summed E-state index contributed by atoms with van der Waals surface area (Å²) in [7, 11) is 0. The van der Waals surface area contributed by atoms with E-state index in [1.165, 1.54) is 0 Å². The fraction of sp³-hybridized carbons (Fsp3) is 0.222. The number of aromatic nitrogens is 4. The second kappa shape index (κ2) is 13.6. The lowest BCUT2D eigenvalue weighted by Crippen LogP contribution is -2.44. The predicted molar refractivity (Wildman–Crippen MR) is 156 cm³/mol. The largest absolute Gasteiger partial charge is 0.462 e. The van der Waals surface area contributed by atoms with Gasteiger partial charge in [0.25, 0.3) is 11.1 Å². The number of para-hydroxylation sites is 2. The lowest BCUT2D eigenvalue weighted by molar-refractivity contribution is -0.167. The summed E-state index contributed by atoms with van der Waals surface area (Å²) in [6, 6.07) is 13.3. The van der Waals surface area contributed by atoms with Gasteiger partial charge in [-0.2, -0.15) is 10.2 Å². The number of benzene rings is 2. The Bertz CT molecular complexity index is 1850. The molecule has 4 N–H and O–H groups in total. The molecule has 4 rings (SSSR count).